The molecule has 1 aromatic carbocycles. The molecule has 6 heteroatoms. The van der Waals surface area contributed by atoms with E-state index in [4.69, 9.17) is 21.6 Å². The maximum atomic E-state index is 10.6. The molecule has 0 saturated carbocycles. The van der Waals surface area contributed by atoms with Gasteiger partial charge in [-0.3, -0.25) is 10.1 Å². The number of ether oxygens (including phenoxy) is 1. The lowest BCUT2D eigenvalue weighted by Gasteiger charge is -2.03. The van der Waals surface area contributed by atoms with Gasteiger partial charge in [0.2, 0.25) is 0 Å². The predicted octanol–water partition coefficient (Wildman–Crippen LogP) is 2.27. The topological polar surface area (TPSA) is 76.2 Å². The zero-order valence-electron chi connectivity index (χ0n) is 7.86. The zero-order chi connectivity index (χ0) is 11.4. The summed E-state index contributed by atoms with van der Waals surface area (Å²) in [4.78, 5) is 9.98. The Balaban J connectivity index is 3.31. The van der Waals surface area contributed by atoms with E-state index >= 15 is 0 Å². The van der Waals surface area contributed by atoms with E-state index in [2.05, 4.69) is 0 Å². The Morgan fingerprint density at radius 3 is 2.80 bits per heavy atom. The fourth-order valence-electron chi connectivity index (χ4n) is 1.12. The van der Waals surface area contributed by atoms with Gasteiger partial charge >= 0.3 is 0 Å². The van der Waals surface area contributed by atoms with Crippen molar-refractivity contribution in [3.05, 3.63) is 38.4 Å². The number of halogens is 1. The normalized spacial score (nSPS) is 9.67. The molecule has 78 valence electrons. The van der Waals surface area contributed by atoms with Gasteiger partial charge in [-0.25, -0.2) is 0 Å². The van der Waals surface area contributed by atoms with Crippen LogP contribution in [0.1, 0.15) is 11.1 Å². The Labute approximate surface area is 91.0 Å². The molecule has 0 fully saturated rings. The van der Waals surface area contributed by atoms with Crippen LogP contribution in [0.5, 0.6) is 0 Å². The van der Waals surface area contributed by atoms with E-state index in [-0.39, 0.29) is 22.9 Å². The average Bonchev–Trinajstić information content (AvgIpc) is 2.20. The summed E-state index contributed by atoms with van der Waals surface area (Å²) in [5.41, 5.74) is 0.520. The quantitative estimate of drug-likeness (QED) is 0.585. The van der Waals surface area contributed by atoms with Crippen molar-refractivity contribution >= 4 is 17.3 Å². The van der Waals surface area contributed by atoms with Crippen molar-refractivity contribution in [1.29, 1.82) is 5.26 Å². The summed E-state index contributed by atoms with van der Waals surface area (Å²) >= 11 is 5.64. The summed E-state index contributed by atoms with van der Waals surface area (Å²) < 4.78 is 4.83. The number of methoxy groups -OCH3 is 1. The molecule has 0 atom stereocenters. The third kappa shape index (κ3) is 2.43. The summed E-state index contributed by atoms with van der Waals surface area (Å²) in [6.07, 6.45) is 0. The van der Waals surface area contributed by atoms with E-state index in [1.807, 2.05) is 6.07 Å². The summed E-state index contributed by atoms with van der Waals surface area (Å²) in [6, 6.07) is 4.43. The Morgan fingerprint density at radius 1 is 1.67 bits per heavy atom. The number of nitrogens with zero attached hydrogens (tertiary/aromatic N) is 2. The largest absolute Gasteiger partial charge is 0.380 e. The van der Waals surface area contributed by atoms with Crippen LogP contribution in [-0.2, 0) is 11.3 Å². The maximum absolute atomic E-state index is 10.6. The van der Waals surface area contributed by atoms with Crippen molar-refractivity contribution < 1.29 is 9.66 Å². The molecule has 0 aliphatic rings. The third-order valence-corrected chi connectivity index (χ3v) is 2.09. The number of hydrogen-bond acceptors (Lipinski definition) is 4. The number of nitro benzene ring substituents is 1. The molecule has 0 saturated heterocycles. The van der Waals surface area contributed by atoms with Gasteiger partial charge < -0.3 is 4.74 Å². The molecule has 15 heavy (non-hydrogen) atoms. The van der Waals surface area contributed by atoms with Gasteiger partial charge in [0.15, 0.2) is 0 Å². The van der Waals surface area contributed by atoms with Crippen molar-refractivity contribution in [1.82, 2.24) is 0 Å². The van der Waals surface area contributed by atoms with Gasteiger partial charge in [-0.05, 0) is 6.07 Å². The number of benzene rings is 1. The van der Waals surface area contributed by atoms with Crippen LogP contribution in [0.25, 0.3) is 0 Å². The lowest BCUT2D eigenvalue weighted by Crippen LogP contribution is -1.97. The second kappa shape index (κ2) is 4.73. The zero-order valence-corrected chi connectivity index (χ0v) is 8.61. The summed E-state index contributed by atoms with van der Waals surface area (Å²) in [7, 11) is 1.45. The van der Waals surface area contributed by atoms with Crippen LogP contribution in [0.4, 0.5) is 5.69 Å². The van der Waals surface area contributed by atoms with Gasteiger partial charge in [-0.1, -0.05) is 11.6 Å². The summed E-state index contributed by atoms with van der Waals surface area (Å²) in [5.74, 6) is 0. The Bertz CT molecular complexity index is 440. The van der Waals surface area contributed by atoms with Crippen LogP contribution < -0.4 is 0 Å². The molecule has 0 radical (unpaired) electrons. The predicted molar refractivity (Wildman–Crippen MR) is 53.5 cm³/mol. The smallest absolute Gasteiger partial charge is 0.288 e. The van der Waals surface area contributed by atoms with Crippen molar-refractivity contribution in [2.75, 3.05) is 7.11 Å². The highest BCUT2D eigenvalue weighted by Gasteiger charge is 2.16. The first-order chi connectivity index (χ1) is 7.10. The van der Waals surface area contributed by atoms with Crippen molar-refractivity contribution in [3.63, 3.8) is 0 Å². The molecule has 0 unspecified atom stereocenters. The second-order valence-corrected chi connectivity index (χ2v) is 3.17. The molecule has 0 aliphatic heterocycles. The molecule has 1 rings (SSSR count). The van der Waals surface area contributed by atoms with Gasteiger partial charge in [0.05, 0.1) is 23.2 Å². The summed E-state index contributed by atoms with van der Waals surface area (Å²) in [5, 5.41) is 19.3. The minimum Gasteiger partial charge on any atom is -0.380 e. The van der Waals surface area contributed by atoms with Crippen molar-refractivity contribution in [3.8, 4) is 6.07 Å². The van der Waals surface area contributed by atoms with Gasteiger partial charge in [-0.2, -0.15) is 5.26 Å². The molecule has 0 bridgehead atoms. The standard InChI is InChI=1S/C9H7ClN2O3/c1-15-5-7-3-9(12(13)14)8(10)2-6(7)4-11/h2-3H,5H2,1H3. The molecular formula is C9H7ClN2O3. The molecule has 5 nitrogen and oxygen atoms in total. The first kappa shape index (κ1) is 11.4. The maximum Gasteiger partial charge on any atom is 0.288 e. The van der Waals surface area contributed by atoms with Crippen LogP contribution in [0.2, 0.25) is 5.02 Å². The average molecular weight is 227 g/mol. The van der Waals surface area contributed by atoms with Gasteiger partial charge in [0, 0.05) is 18.7 Å². The van der Waals surface area contributed by atoms with Crippen molar-refractivity contribution in [2.24, 2.45) is 0 Å². The fourth-order valence-corrected chi connectivity index (χ4v) is 1.36. The minimum atomic E-state index is -0.595. The number of nitro groups is 1. The van der Waals surface area contributed by atoms with E-state index in [1.165, 1.54) is 19.2 Å². The molecule has 0 amide bonds. The Kier molecular flexibility index (Phi) is 3.61. The third-order valence-electron chi connectivity index (χ3n) is 1.79. The van der Waals surface area contributed by atoms with Crippen LogP contribution in [0.3, 0.4) is 0 Å². The highest BCUT2D eigenvalue weighted by Crippen LogP contribution is 2.28. The van der Waals surface area contributed by atoms with Crippen molar-refractivity contribution in [2.45, 2.75) is 6.61 Å². The Morgan fingerprint density at radius 2 is 2.33 bits per heavy atom. The lowest BCUT2D eigenvalue weighted by atomic mass is 10.1. The van der Waals surface area contributed by atoms with Gasteiger partial charge in [0.25, 0.3) is 5.69 Å². The van der Waals surface area contributed by atoms with Crippen LogP contribution in [0.15, 0.2) is 12.1 Å². The lowest BCUT2D eigenvalue weighted by molar-refractivity contribution is -0.384. The monoisotopic (exact) mass is 226 g/mol. The molecule has 0 aliphatic carbocycles. The molecular weight excluding hydrogens is 220 g/mol. The number of rotatable bonds is 3. The van der Waals surface area contributed by atoms with E-state index in [0.717, 1.165) is 0 Å². The molecule has 0 spiro atoms. The second-order valence-electron chi connectivity index (χ2n) is 2.76. The van der Waals surface area contributed by atoms with Crippen LogP contribution >= 0.6 is 11.6 Å². The number of hydrogen-bond donors (Lipinski definition) is 0. The van der Waals surface area contributed by atoms with Crippen LogP contribution in [-0.4, -0.2) is 12.0 Å². The number of nitriles is 1. The molecule has 0 N–H and O–H groups in total. The molecule has 0 heterocycles. The fraction of sp³-hybridized carbons (Fsp3) is 0.222. The molecule has 1 aromatic rings. The van der Waals surface area contributed by atoms with E-state index in [9.17, 15) is 10.1 Å². The van der Waals surface area contributed by atoms with E-state index in [0.29, 0.717) is 5.56 Å². The minimum absolute atomic E-state index is 0.0450. The SMILES string of the molecule is COCc1cc([N+](=O)[O-])c(Cl)cc1C#N. The highest BCUT2D eigenvalue weighted by atomic mass is 35.5. The Hall–Kier alpha value is -1.64. The first-order valence-electron chi connectivity index (χ1n) is 3.96. The highest BCUT2D eigenvalue weighted by molar-refractivity contribution is 6.32. The van der Waals surface area contributed by atoms with E-state index < -0.39 is 4.92 Å². The summed E-state index contributed by atoms with van der Waals surface area (Å²) in [6.45, 7) is 0.140. The van der Waals surface area contributed by atoms with Gasteiger partial charge in [0.1, 0.15) is 5.02 Å². The van der Waals surface area contributed by atoms with Crippen LogP contribution in [0, 0.1) is 21.4 Å². The van der Waals surface area contributed by atoms with Gasteiger partial charge in [-0.15, -0.1) is 0 Å². The van der Waals surface area contributed by atoms with E-state index in [1.54, 1.807) is 0 Å². The molecule has 0 aromatic heterocycles. The first-order valence-corrected chi connectivity index (χ1v) is 4.33.